The first kappa shape index (κ1) is 12.3. The average molecular weight is 233 g/mol. The van der Waals surface area contributed by atoms with Gasteiger partial charge in [0.1, 0.15) is 5.75 Å². The molecule has 0 saturated heterocycles. The van der Waals surface area contributed by atoms with Gasteiger partial charge in [-0.1, -0.05) is 31.4 Å². The van der Waals surface area contributed by atoms with E-state index >= 15 is 0 Å². The Labute approximate surface area is 104 Å². The zero-order valence-electron chi connectivity index (χ0n) is 10.9. The topological polar surface area (TPSA) is 21.3 Å². The minimum atomic E-state index is 0.530. The molecule has 1 atom stereocenters. The summed E-state index contributed by atoms with van der Waals surface area (Å²) in [6.45, 7) is 5.01. The summed E-state index contributed by atoms with van der Waals surface area (Å²) in [5.41, 5.74) is 1.13. The maximum atomic E-state index is 5.62. The van der Waals surface area contributed by atoms with Gasteiger partial charge in [-0.2, -0.15) is 0 Å². The van der Waals surface area contributed by atoms with Gasteiger partial charge in [0.2, 0.25) is 0 Å². The van der Waals surface area contributed by atoms with Crippen LogP contribution in [-0.2, 0) is 0 Å². The van der Waals surface area contributed by atoms with E-state index in [9.17, 15) is 0 Å². The fraction of sp³-hybridized carbons (Fsp3) is 0.600. The summed E-state index contributed by atoms with van der Waals surface area (Å²) in [6.07, 6.45) is 5.53. The van der Waals surface area contributed by atoms with E-state index in [1.807, 2.05) is 19.1 Å². The zero-order chi connectivity index (χ0) is 12.1. The molecule has 0 aliphatic heterocycles. The predicted molar refractivity (Wildman–Crippen MR) is 72.7 cm³/mol. The lowest BCUT2D eigenvalue weighted by Gasteiger charge is -2.29. The fourth-order valence-corrected chi connectivity index (χ4v) is 2.42. The van der Waals surface area contributed by atoms with Crippen molar-refractivity contribution in [3.05, 3.63) is 24.3 Å². The van der Waals surface area contributed by atoms with Crippen LogP contribution in [0.4, 0.5) is 5.69 Å². The van der Waals surface area contributed by atoms with Gasteiger partial charge in [-0.05, 0) is 38.3 Å². The Hall–Kier alpha value is -1.18. The largest absolute Gasteiger partial charge is 0.492 e. The Morgan fingerprint density at radius 3 is 2.76 bits per heavy atom. The molecule has 1 aliphatic carbocycles. The molecule has 0 heterocycles. The minimum absolute atomic E-state index is 0.530. The normalized spacial score (nSPS) is 17.3. The van der Waals surface area contributed by atoms with Crippen molar-refractivity contribution in [3.8, 4) is 5.75 Å². The summed E-state index contributed by atoms with van der Waals surface area (Å²) < 4.78 is 5.62. The van der Waals surface area contributed by atoms with Crippen LogP contribution >= 0.6 is 0 Å². The number of para-hydroxylation sites is 2. The van der Waals surface area contributed by atoms with Crippen LogP contribution in [0.15, 0.2) is 24.3 Å². The molecule has 0 radical (unpaired) electrons. The third-order valence-corrected chi connectivity index (χ3v) is 3.50. The van der Waals surface area contributed by atoms with Crippen LogP contribution in [0.25, 0.3) is 0 Å². The van der Waals surface area contributed by atoms with Crippen LogP contribution in [-0.4, -0.2) is 12.6 Å². The lowest BCUT2D eigenvalue weighted by Crippen LogP contribution is -2.23. The van der Waals surface area contributed by atoms with E-state index in [4.69, 9.17) is 4.74 Å². The summed E-state index contributed by atoms with van der Waals surface area (Å²) >= 11 is 0. The van der Waals surface area contributed by atoms with E-state index in [2.05, 4.69) is 24.4 Å². The number of ether oxygens (including phenoxy) is 1. The molecule has 2 heteroatoms. The quantitative estimate of drug-likeness (QED) is 0.799. The molecule has 1 aromatic rings. The third kappa shape index (κ3) is 3.39. The molecular formula is C15H23NO. The highest BCUT2D eigenvalue weighted by Gasteiger charge is 2.20. The van der Waals surface area contributed by atoms with Crippen molar-refractivity contribution < 1.29 is 4.74 Å². The molecule has 2 nitrogen and oxygen atoms in total. The number of nitrogens with one attached hydrogen (secondary N) is 1. The second-order valence-corrected chi connectivity index (χ2v) is 5.01. The number of hydrogen-bond donors (Lipinski definition) is 1. The van der Waals surface area contributed by atoms with Gasteiger partial charge < -0.3 is 10.1 Å². The van der Waals surface area contributed by atoms with Crippen molar-refractivity contribution in [1.29, 1.82) is 0 Å². The second kappa shape index (κ2) is 5.95. The Balaban J connectivity index is 1.91. The van der Waals surface area contributed by atoms with Crippen LogP contribution in [0, 0.1) is 5.92 Å². The van der Waals surface area contributed by atoms with Gasteiger partial charge in [0.05, 0.1) is 12.3 Å². The van der Waals surface area contributed by atoms with Gasteiger partial charge in [0, 0.05) is 6.04 Å². The highest BCUT2D eigenvalue weighted by atomic mass is 16.5. The van der Waals surface area contributed by atoms with Crippen LogP contribution in [0.3, 0.4) is 0 Å². The molecule has 1 aromatic carbocycles. The minimum Gasteiger partial charge on any atom is -0.492 e. The Bertz CT molecular complexity index is 347. The number of rotatable bonds is 6. The molecule has 0 bridgehead atoms. The Kier molecular flexibility index (Phi) is 4.29. The van der Waals surface area contributed by atoms with Crippen LogP contribution in [0.1, 0.15) is 39.5 Å². The molecule has 1 fully saturated rings. The molecule has 2 rings (SSSR count). The van der Waals surface area contributed by atoms with Gasteiger partial charge >= 0.3 is 0 Å². The number of hydrogen-bond acceptors (Lipinski definition) is 2. The molecule has 94 valence electrons. The Morgan fingerprint density at radius 1 is 1.35 bits per heavy atom. The van der Waals surface area contributed by atoms with Crippen molar-refractivity contribution in [1.82, 2.24) is 0 Å². The van der Waals surface area contributed by atoms with E-state index in [0.717, 1.165) is 24.0 Å². The second-order valence-electron chi connectivity index (χ2n) is 5.01. The number of anilines is 1. The van der Waals surface area contributed by atoms with Crippen molar-refractivity contribution in [2.75, 3.05) is 11.9 Å². The summed E-state index contributed by atoms with van der Waals surface area (Å²) in [4.78, 5) is 0. The van der Waals surface area contributed by atoms with Crippen molar-refractivity contribution in [2.45, 2.75) is 45.6 Å². The van der Waals surface area contributed by atoms with Gasteiger partial charge in [-0.3, -0.25) is 0 Å². The van der Waals surface area contributed by atoms with Crippen molar-refractivity contribution >= 4 is 5.69 Å². The smallest absolute Gasteiger partial charge is 0.142 e. The van der Waals surface area contributed by atoms with E-state index in [1.54, 1.807) is 0 Å². The van der Waals surface area contributed by atoms with Crippen molar-refractivity contribution in [3.63, 3.8) is 0 Å². The molecular weight excluding hydrogens is 210 g/mol. The summed E-state index contributed by atoms with van der Waals surface area (Å²) in [7, 11) is 0. The molecule has 0 amide bonds. The molecule has 1 aliphatic rings. The molecule has 1 saturated carbocycles. The molecule has 1 unspecified atom stereocenters. The van der Waals surface area contributed by atoms with E-state index in [0.29, 0.717) is 6.04 Å². The highest BCUT2D eigenvalue weighted by molar-refractivity contribution is 5.56. The highest BCUT2D eigenvalue weighted by Crippen LogP contribution is 2.32. The van der Waals surface area contributed by atoms with E-state index in [-0.39, 0.29) is 0 Å². The summed E-state index contributed by atoms with van der Waals surface area (Å²) in [6, 6.07) is 8.74. The van der Waals surface area contributed by atoms with Crippen LogP contribution < -0.4 is 10.1 Å². The maximum absolute atomic E-state index is 5.62. The van der Waals surface area contributed by atoms with Gasteiger partial charge in [-0.15, -0.1) is 0 Å². The first-order valence-corrected chi connectivity index (χ1v) is 6.78. The third-order valence-electron chi connectivity index (χ3n) is 3.50. The first-order valence-electron chi connectivity index (χ1n) is 6.78. The standard InChI is InChI=1S/C15H23NO/c1-3-17-15-10-5-4-9-14(15)16-12(2)11-13-7-6-8-13/h4-5,9-10,12-13,16H,3,6-8,11H2,1-2H3. The summed E-state index contributed by atoms with van der Waals surface area (Å²) in [5, 5.41) is 3.57. The Morgan fingerprint density at radius 2 is 2.12 bits per heavy atom. The fourth-order valence-electron chi connectivity index (χ4n) is 2.42. The average Bonchev–Trinajstić information content (AvgIpc) is 2.27. The SMILES string of the molecule is CCOc1ccccc1NC(C)CC1CCC1. The molecule has 17 heavy (non-hydrogen) atoms. The summed E-state index contributed by atoms with van der Waals surface area (Å²) in [5.74, 6) is 1.91. The lowest BCUT2D eigenvalue weighted by molar-refractivity contribution is 0.285. The maximum Gasteiger partial charge on any atom is 0.142 e. The monoisotopic (exact) mass is 233 g/mol. The molecule has 0 aromatic heterocycles. The molecule has 0 spiro atoms. The van der Waals surface area contributed by atoms with Gasteiger partial charge in [0.15, 0.2) is 0 Å². The first-order chi connectivity index (χ1) is 8.29. The van der Waals surface area contributed by atoms with Gasteiger partial charge in [0.25, 0.3) is 0 Å². The van der Waals surface area contributed by atoms with Gasteiger partial charge in [-0.25, -0.2) is 0 Å². The number of benzene rings is 1. The van der Waals surface area contributed by atoms with Crippen LogP contribution in [0.5, 0.6) is 5.75 Å². The molecule has 1 N–H and O–H groups in total. The van der Waals surface area contributed by atoms with Crippen molar-refractivity contribution in [2.24, 2.45) is 5.92 Å². The van der Waals surface area contributed by atoms with E-state index in [1.165, 1.54) is 25.7 Å². The van der Waals surface area contributed by atoms with E-state index < -0.39 is 0 Å². The zero-order valence-corrected chi connectivity index (χ0v) is 10.9. The lowest BCUT2D eigenvalue weighted by atomic mass is 9.81. The van der Waals surface area contributed by atoms with Crippen LogP contribution in [0.2, 0.25) is 0 Å². The predicted octanol–water partition coefficient (Wildman–Crippen LogP) is 4.08.